The van der Waals surface area contributed by atoms with Crippen LogP contribution in [0.2, 0.25) is 5.02 Å². The molecule has 1 fully saturated rings. The number of guanidine groups is 1. The van der Waals surface area contributed by atoms with Gasteiger partial charge in [0.2, 0.25) is 0 Å². The Kier molecular flexibility index (Phi) is 9.45. The van der Waals surface area contributed by atoms with Crippen LogP contribution < -0.4 is 15.5 Å². The van der Waals surface area contributed by atoms with Gasteiger partial charge in [-0.15, -0.1) is 24.0 Å². The summed E-state index contributed by atoms with van der Waals surface area (Å²) >= 11 is 6.52. The molecule has 0 saturated carbocycles. The normalized spacial score (nSPS) is 15.0. The fourth-order valence-corrected chi connectivity index (χ4v) is 3.53. The average molecular weight is 532 g/mol. The van der Waals surface area contributed by atoms with E-state index >= 15 is 0 Å². The number of piperazine rings is 1. The van der Waals surface area contributed by atoms with Gasteiger partial charge < -0.3 is 20.4 Å². The summed E-state index contributed by atoms with van der Waals surface area (Å²) in [5, 5.41) is 7.28. The van der Waals surface area contributed by atoms with E-state index in [1.807, 2.05) is 18.2 Å². The SMILES string of the molecule is CN=C(NCc1cccc(F)c1)NCc1c(Cl)cccc1N1CCN(C)CC1.I. The Morgan fingerprint density at radius 1 is 1.07 bits per heavy atom. The van der Waals surface area contributed by atoms with Crippen LogP contribution in [0.25, 0.3) is 0 Å². The number of rotatable bonds is 5. The van der Waals surface area contributed by atoms with Crippen LogP contribution in [0, 0.1) is 5.82 Å². The Hall–Kier alpha value is -1.58. The molecule has 0 atom stereocenters. The third-order valence-electron chi connectivity index (χ3n) is 4.94. The molecule has 0 aliphatic carbocycles. The number of nitrogens with one attached hydrogen (secondary N) is 2. The van der Waals surface area contributed by atoms with Crippen molar-refractivity contribution in [3.63, 3.8) is 0 Å². The lowest BCUT2D eigenvalue weighted by Crippen LogP contribution is -2.45. The number of nitrogens with zero attached hydrogens (tertiary/aromatic N) is 3. The Bertz CT molecular complexity index is 824. The molecule has 3 rings (SSSR count). The van der Waals surface area contributed by atoms with E-state index in [0.717, 1.165) is 48.0 Å². The second kappa shape index (κ2) is 11.6. The van der Waals surface area contributed by atoms with E-state index in [2.05, 4.69) is 38.5 Å². The molecule has 1 saturated heterocycles. The molecule has 1 aliphatic rings. The Morgan fingerprint density at radius 2 is 1.76 bits per heavy atom. The standard InChI is InChI=1S/C21H27ClFN5.HI/c1-24-21(25-14-16-5-3-6-17(23)13-16)26-15-18-19(22)7-4-8-20(18)28-11-9-27(2)10-12-28;/h3-8,13H,9-12,14-15H2,1-2H3,(H2,24,25,26);1H. The molecule has 0 unspecified atom stereocenters. The van der Waals surface area contributed by atoms with E-state index in [-0.39, 0.29) is 29.8 Å². The molecule has 0 spiro atoms. The molecule has 0 aromatic heterocycles. The summed E-state index contributed by atoms with van der Waals surface area (Å²) < 4.78 is 13.3. The summed E-state index contributed by atoms with van der Waals surface area (Å²) in [5.74, 6) is 0.406. The van der Waals surface area contributed by atoms with E-state index in [9.17, 15) is 4.39 Å². The maximum absolute atomic E-state index is 13.3. The summed E-state index contributed by atoms with van der Waals surface area (Å²) in [6.07, 6.45) is 0. The lowest BCUT2D eigenvalue weighted by molar-refractivity contribution is 0.312. The van der Waals surface area contributed by atoms with E-state index in [4.69, 9.17) is 11.6 Å². The lowest BCUT2D eigenvalue weighted by atomic mass is 10.1. The highest BCUT2D eigenvalue weighted by atomic mass is 127. The topological polar surface area (TPSA) is 42.9 Å². The number of benzene rings is 2. The van der Waals surface area contributed by atoms with E-state index in [1.54, 1.807) is 13.1 Å². The second-order valence-electron chi connectivity index (χ2n) is 6.94. The largest absolute Gasteiger partial charge is 0.369 e. The summed E-state index contributed by atoms with van der Waals surface area (Å²) in [4.78, 5) is 8.97. The second-order valence-corrected chi connectivity index (χ2v) is 7.34. The number of aliphatic imine (C=N–C) groups is 1. The number of likely N-dealkylation sites (N-methyl/N-ethyl adjacent to an activating group) is 1. The molecule has 2 aromatic carbocycles. The zero-order valence-electron chi connectivity index (χ0n) is 16.8. The van der Waals surface area contributed by atoms with E-state index in [0.29, 0.717) is 19.0 Å². The first-order valence-electron chi connectivity index (χ1n) is 9.46. The number of hydrogen-bond donors (Lipinski definition) is 2. The van der Waals surface area contributed by atoms with Crippen molar-refractivity contribution in [2.75, 3.05) is 45.2 Å². The highest BCUT2D eigenvalue weighted by Crippen LogP contribution is 2.28. The first-order chi connectivity index (χ1) is 13.6. The minimum Gasteiger partial charge on any atom is -0.369 e. The first-order valence-corrected chi connectivity index (χ1v) is 9.84. The predicted molar refractivity (Wildman–Crippen MR) is 130 cm³/mol. The summed E-state index contributed by atoms with van der Waals surface area (Å²) in [7, 11) is 3.86. The van der Waals surface area contributed by atoms with Crippen LogP contribution in [0.4, 0.5) is 10.1 Å². The minimum atomic E-state index is -0.241. The first kappa shape index (κ1) is 23.7. The fraction of sp³-hybridized carbons (Fsp3) is 0.381. The lowest BCUT2D eigenvalue weighted by Gasteiger charge is -2.35. The van der Waals surface area contributed by atoms with Gasteiger partial charge in [0.05, 0.1) is 0 Å². The smallest absolute Gasteiger partial charge is 0.191 e. The monoisotopic (exact) mass is 531 g/mol. The van der Waals surface area contributed by atoms with Crippen LogP contribution in [-0.4, -0.2) is 51.1 Å². The van der Waals surface area contributed by atoms with Gasteiger partial charge in [0, 0.05) is 62.6 Å². The van der Waals surface area contributed by atoms with Crippen LogP contribution in [0.5, 0.6) is 0 Å². The van der Waals surface area contributed by atoms with Crippen molar-refractivity contribution in [2.45, 2.75) is 13.1 Å². The highest BCUT2D eigenvalue weighted by molar-refractivity contribution is 14.0. The van der Waals surface area contributed by atoms with Gasteiger partial charge in [0.25, 0.3) is 0 Å². The van der Waals surface area contributed by atoms with Crippen LogP contribution >= 0.6 is 35.6 Å². The molecule has 2 aromatic rings. The van der Waals surface area contributed by atoms with Crippen LogP contribution in [-0.2, 0) is 13.1 Å². The van der Waals surface area contributed by atoms with Gasteiger partial charge in [-0.1, -0.05) is 29.8 Å². The van der Waals surface area contributed by atoms with Crippen molar-refractivity contribution >= 4 is 47.2 Å². The molecule has 29 heavy (non-hydrogen) atoms. The minimum absolute atomic E-state index is 0. The molecule has 158 valence electrons. The van der Waals surface area contributed by atoms with Crippen molar-refractivity contribution in [1.29, 1.82) is 0 Å². The summed E-state index contributed by atoms with van der Waals surface area (Å²) in [6, 6.07) is 12.6. The molecule has 2 N–H and O–H groups in total. The highest BCUT2D eigenvalue weighted by Gasteiger charge is 2.18. The Balaban J connectivity index is 0.00000300. The maximum Gasteiger partial charge on any atom is 0.191 e. The molecule has 0 bridgehead atoms. The molecular formula is C21H28ClFIN5. The van der Waals surface area contributed by atoms with Gasteiger partial charge in [-0.2, -0.15) is 0 Å². The molecule has 0 amide bonds. The molecule has 1 aliphatic heterocycles. The van der Waals surface area contributed by atoms with Gasteiger partial charge >= 0.3 is 0 Å². The van der Waals surface area contributed by atoms with Gasteiger partial charge in [-0.25, -0.2) is 4.39 Å². The van der Waals surface area contributed by atoms with Crippen molar-refractivity contribution in [2.24, 2.45) is 4.99 Å². The number of halogens is 3. The molecule has 1 heterocycles. The predicted octanol–water partition coefficient (Wildman–Crippen LogP) is 3.71. The van der Waals surface area contributed by atoms with Gasteiger partial charge in [0.1, 0.15) is 5.82 Å². The van der Waals surface area contributed by atoms with E-state index in [1.165, 1.54) is 12.1 Å². The Morgan fingerprint density at radius 3 is 2.45 bits per heavy atom. The van der Waals surface area contributed by atoms with Gasteiger partial charge in [-0.05, 0) is 36.9 Å². The van der Waals surface area contributed by atoms with Gasteiger partial charge in [0.15, 0.2) is 5.96 Å². The summed E-state index contributed by atoms with van der Waals surface area (Å²) in [5.41, 5.74) is 3.08. The third kappa shape index (κ3) is 6.72. The van der Waals surface area contributed by atoms with Crippen molar-refractivity contribution < 1.29 is 4.39 Å². The average Bonchev–Trinajstić information content (AvgIpc) is 2.69. The van der Waals surface area contributed by atoms with Gasteiger partial charge in [-0.3, -0.25) is 4.99 Å². The zero-order chi connectivity index (χ0) is 19.9. The number of anilines is 1. The molecule has 5 nitrogen and oxygen atoms in total. The third-order valence-corrected chi connectivity index (χ3v) is 5.30. The van der Waals surface area contributed by atoms with Crippen molar-refractivity contribution in [3.8, 4) is 0 Å². The van der Waals surface area contributed by atoms with Crippen LogP contribution in [0.3, 0.4) is 0 Å². The molecular weight excluding hydrogens is 504 g/mol. The van der Waals surface area contributed by atoms with Crippen LogP contribution in [0.15, 0.2) is 47.5 Å². The molecule has 8 heteroatoms. The molecule has 0 radical (unpaired) electrons. The van der Waals surface area contributed by atoms with E-state index < -0.39 is 0 Å². The van der Waals surface area contributed by atoms with Crippen LogP contribution in [0.1, 0.15) is 11.1 Å². The summed E-state index contributed by atoms with van der Waals surface area (Å²) in [6.45, 7) is 5.09. The quantitative estimate of drug-likeness (QED) is 0.351. The number of hydrogen-bond acceptors (Lipinski definition) is 3. The zero-order valence-corrected chi connectivity index (χ0v) is 19.9. The Labute approximate surface area is 194 Å². The fourth-order valence-electron chi connectivity index (χ4n) is 3.29. The maximum atomic E-state index is 13.3. The van der Waals surface area contributed by atoms with Crippen molar-refractivity contribution in [3.05, 3.63) is 64.4 Å². The van der Waals surface area contributed by atoms with Crippen molar-refractivity contribution in [1.82, 2.24) is 15.5 Å².